The molecule has 0 aliphatic carbocycles. The Kier molecular flexibility index (Phi) is 5.74. The first kappa shape index (κ1) is 19.2. The summed E-state index contributed by atoms with van der Waals surface area (Å²) in [5.74, 6) is -0.362. The van der Waals surface area contributed by atoms with Crippen molar-refractivity contribution in [2.24, 2.45) is 0 Å². The molecule has 0 radical (unpaired) electrons. The standard InChI is InChI=1S/C21H21N3O4/c1-13(14-8-9-18(27-2)19(11-14)28-3)23-20(25)21(26)24-16-10-15-6-4-5-7-17(15)22-12-16/h4-13H,1-3H3,(H,23,25)(H,24,26)/t13-/m0/s1. The average Bonchev–Trinajstić information content (AvgIpc) is 2.72. The van der Waals surface area contributed by atoms with Gasteiger partial charge in [0.1, 0.15) is 0 Å². The lowest BCUT2D eigenvalue weighted by Crippen LogP contribution is -2.36. The predicted octanol–water partition coefficient (Wildman–Crippen LogP) is 3.07. The number of pyridine rings is 1. The number of rotatable bonds is 5. The fraction of sp³-hybridized carbons (Fsp3) is 0.190. The zero-order valence-electron chi connectivity index (χ0n) is 15.9. The number of anilines is 1. The summed E-state index contributed by atoms with van der Waals surface area (Å²) in [6, 6.07) is 14.2. The van der Waals surface area contributed by atoms with Crippen molar-refractivity contribution in [3.05, 3.63) is 60.3 Å². The van der Waals surface area contributed by atoms with E-state index >= 15 is 0 Å². The molecule has 1 aromatic heterocycles. The Labute approximate surface area is 162 Å². The molecule has 1 heterocycles. The van der Waals surface area contributed by atoms with E-state index < -0.39 is 17.9 Å². The van der Waals surface area contributed by atoms with Crippen LogP contribution in [0.25, 0.3) is 10.9 Å². The van der Waals surface area contributed by atoms with E-state index in [1.54, 1.807) is 38.3 Å². The maximum absolute atomic E-state index is 12.3. The van der Waals surface area contributed by atoms with Gasteiger partial charge in [-0.2, -0.15) is 0 Å². The summed E-state index contributed by atoms with van der Waals surface area (Å²) in [6.45, 7) is 1.78. The highest BCUT2D eigenvalue weighted by molar-refractivity contribution is 6.39. The van der Waals surface area contributed by atoms with Crippen molar-refractivity contribution in [2.75, 3.05) is 19.5 Å². The number of fused-ring (bicyclic) bond motifs is 1. The number of hydrogen-bond acceptors (Lipinski definition) is 5. The fourth-order valence-corrected chi connectivity index (χ4v) is 2.79. The molecule has 0 bridgehead atoms. The molecular weight excluding hydrogens is 358 g/mol. The van der Waals surface area contributed by atoms with Crippen LogP contribution in [0.15, 0.2) is 54.7 Å². The quantitative estimate of drug-likeness (QED) is 0.665. The summed E-state index contributed by atoms with van der Waals surface area (Å²) in [5.41, 5.74) is 2.05. The van der Waals surface area contributed by atoms with E-state index in [4.69, 9.17) is 9.47 Å². The second kappa shape index (κ2) is 8.39. The number of para-hydroxylation sites is 1. The highest BCUT2D eigenvalue weighted by Crippen LogP contribution is 2.29. The van der Waals surface area contributed by atoms with Crippen LogP contribution < -0.4 is 20.1 Å². The maximum Gasteiger partial charge on any atom is 0.313 e. The van der Waals surface area contributed by atoms with E-state index in [2.05, 4.69) is 15.6 Å². The Hall–Kier alpha value is -3.61. The lowest BCUT2D eigenvalue weighted by atomic mass is 10.1. The molecule has 0 spiro atoms. The van der Waals surface area contributed by atoms with Crippen molar-refractivity contribution in [2.45, 2.75) is 13.0 Å². The monoisotopic (exact) mass is 379 g/mol. The molecule has 3 rings (SSSR count). The van der Waals surface area contributed by atoms with E-state index in [9.17, 15) is 9.59 Å². The van der Waals surface area contributed by atoms with Crippen molar-refractivity contribution < 1.29 is 19.1 Å². The highest BCUT2D eigenvalue weighted by atomic mass is 16.5. The van der Waals surface area contributed by atoms with Gasteiger partial charge in [-0.3, -0.25) is 14.6 Å². The zero-order valence-corrected chi connectivity index (χ0v) is 15.9. The van der Waals surface area contributed by atoms with Crippen molar-refractivity contribution in [3.63, 3.8) is 0 Å². The maximum atomic E-state index is 12.3. The van der Waals surface area contributed by atoms with E-state index in [-0.39, 0.29) is 0 Å². The Bertz CT molecular complexity index is 1020. The van der Waals surface area contributed by atoms with E-state index in [1.165, 1.54) is 13.3 Å². The van der Waals surface area contributed by atoms with Crippen molar-refractivity contribution in [1.82, 2.24) is 10.3 Å². The molecule has 28 heavy (non-hydrogen) atoms. The van der Waals surface area contributed by atoms with Crippen molar-refractivity contribution in [3.8, 4) is 11.5 Å². The molecule has 7 nitrogen and oxygen atoms in total. The second-order valence-corrected chi connectivity index (χ2v) is 6.18. The van der Waals surface area contributed by atoms with Crippen LogP contribution in [-0.2, 0) is 9.59 Å². The number of ether oxygens (including phenoxy) is 2. The minimum atomic E-state index is -0.760. The number of amides is 2. The van der Waals surface area contributed by atoms with Gasteiger partial charge in [0.25, 0.3) is 0 Å². The molecule has 2 N–H and O–H groups in total. The Morgan fingerprint density at radius 1 is 0.964 bits per heavy atom. The number of aromatic nitrogens is 1. The van der Waals surface area contributed by atoms with Gasteiger partial charge >= 0.3 is 11.8 Å². The first-order chi connectivity index (χ1) is 13.5. The predicted molar refractivity (Wildman–Crippen MR) is 106 cm³/mol. The highest BCUT2D eigenvalue weighted by Gasteiger charge is 2.18. The first-order valence-electron chi connectivity index (χ1n) is 8.70. The lowest BCUT2D eigenvalue weighted by molar-refractivity contribution is -0.136. The Morgan fingerprint density at radius 2 is 1.71 bits per heavy atom. The van der Waals surface area contributed by atoms with Crippen LogP contribution in [0.5, 0.6) is 11.5 Å². The molecule has 2 aromatic carbocycles. The topological polar surface area (TPSA) is 89.5 Å². The molecule has 0 fully saturated rings. The number of carbonyl (C=O) groups excluding carboxylic acids is 2. The number of nitrogens with one attached hydrogen (secondary N) is 2. The van der Waals surface area contributed by atoms with Crippen LogP contribution in [0.4, 0.5) is 5.69 Å². The van der Waals surface area contributed by atoms with Crippen LogP contribution in [0.3, 0.4) is 0 Å². The van der Waals surface area contributed by atoms with Crippen LogP contribution in [0.2, 0.25) is 0 Å². The summed E-state index contributed by atoms with van der Waals surface area (Å²) >= 11 is 0. The molecular formula is C21H21N3O4. The second-order valence-electron chi connectivity index (χ2n) is 6.18. The summed E-state index contributed by atoms with van der Waals surface area (Å²) in [5, 5.41) is 6.12. The number of carbonyl (C=O) groups is 2. The van der Waals surface area contributed by atoms with Crippen LogP contribution in [-0.4, -0.2) is 31.0 Å². The molecule has 3 aromatic rings. The van der Waals surface area contributed by atoms with E-state index in [0.717, 1.165) is 16.5 Å². The third kappa shape index (κ3) is 4.20. The third-order valence-electron chi connectivity index (χ3n) is 4.31. The number of hydrogen-bond donors (Lipinski definition) is 2. The minimum Gasteiger partial charge on any atom is -0.493 e. The molecule has 0 aliphatic heterocycles. The summed E-state index contributed by atoms with van der Waals surface area (Å²) in [6.07, 6.45) is 1.52. The van der Waals surface area contributed by atoms with Gasteiger partial charge in [0.15, 0.2) is 11.5 Å². The smallest absolute Gasteiger partial charge is 0.313 e. The minimum absolute atomic E-state index is 0.396. The van der Waals surface area contributed by atoms with Gasteiger partial charge in [-0.25, -0.2) is 0 Å². The van der Waals surface area contributed by atoms with Crippen LogP contribution >= 0.6 is 0 Å². The average molecular weight is 379 g/mol. The summed E-state index contributed by atoms with van der Waals surface area (Å²) in [4.78, 5) is 28.8. The number of methoxy groups -OCH3 is 2. The molecule has 144 valence electrons. The van der Waals surface area contributed by atoms with Crippen LogP contribution in [0.1, 0.15) is 18.5 Å². The normalized spacial score (nSPS) is 11.5. The number of nitrogens with zero attached hydrogens (tertiary/aromatic N) is 1. The SMILES string of the molecule is COc1ccc([C@H](C)NC(=O)C(=O)Nc2cnc3ccccc3c2)cc1OC. The number of benzene rings is 2. The lowest BCUT2D eigenvalue weighted by Gasteiger charge is -2.16. The third-order valence-corrected chi connectivity index (χ3v) is 4.31. The fourth-order valence-electron chi connectivity index (χ4n) is 2.79. The molecule has 0 aliphatic rings. The molecule has 7 heteroatoms. The van der Waals surface area contributed by atoms with E-state index in [1.807, 2.05) is 24.3 Å². The molecule has 0 saturated carbocycles. The van der Waals surface area contributed by atoms with E-state index in [0.29, 0.717) is 17.2 Å². The Morgan fingerprint density at radius 3 is 2.46 bits per heavy atom. The molecule has 2 amide bonds. The molecule has 0 saturated heterocycles. The Balaban J connectivity index is 1.66. The summed E-state index contributed by atoms with van der Waals surface area (Å²) < 4.78 is 10.5. The van der Waals surface area contributed by atoms with Gasteiger partial charge in [0, 0.05) is 5.39 Å². The largest absolute Gasteiger partial charge is 0.493 e. The van der Waals surface area contributed by atoms with Gasteiger partial charge in [-0.05, 0) is 36.8 Å². The van der Waals surface area contributed by atoms with Crippen molar-refractivity contribution in [1.29, 1.82) is 0 Å². The van der Waals surface area contributed by atoms with Gasteiger partial charge in [-0.15, -0.1) is 0 Å². The summed E-state index contributed by atoms with van der Waals surface area (Å²) in [7, 11) is 3.09. The van der Waals surface area contributed by atoms with Crippen LogP contribution in [0, 0.1) is 0 Å². The van der Waals surface area contributed by atoms with Gasteiger partial charge in [0.05, 0.1) is 37.7 Å². The van der Waals surface area contributed by atoms with Gasteiger partial charge in [-0.1, -0.05) is 24.3 Å². The molecule has 0 unspecified atom stereocenters. The van der Waals surface area contributed by atoms with Gasteiger partial charge in [0.2, 0.25) is 0 Å². The van der Waals surface area contributed by atoms with Gasteiger partial charge < -0.3 is 20.1 Å². The molecule has 1 atom stereocenters. The zero-order chi connectivity index (χ0) is 20.1. The van der Waals surface area contributed by atoms with Crippen molar-refractivity contribution >= 4 is 28.4 Å². The first-order valence-corrected chi connectivity index (χ1v) is 8.70.